The molecule has 0 spiro atoms. The molecule has 236 valence electrons. The maximum Gasteiger partial charge on any atom is 0.0540 e. The van der Waals surface area contributed by atoms with E-state index in [-0.39, 0.29) is 10.8 Å². The Morgan fingerprint density at radius 1 is 0.347 bits per heavy atom. The van der Waals surface area contributed by atoms with Gasteiger partial charge in [-0.3, -0.25) is 0 Å². The van der Waals surface area contributed by atoms with Gasteiger partial charge in [-0.15, -0.1) is 0 Å². The lowest BCUT2D eigenvalue weighted by Gasteiger charge is -2.30. The van der Waals surface area contributed by atoms with Crippen molar-refractivity contribution >= 4 is 17.1 Å². The fourth-order valence-electron chi connectivity index (χ4n) is 8.59. The molecule has 0 unspecified atom stereocenters. The van der Waals surface area contributed by atoms with Gasteiger partial charge in [-0.25, -0.2) is 0 Å². The van der Waals surface area contributed by atoms with Gasteiger partial charge in [0.15, 0.2) is 0 Å². The summed E-state index contributed by atoms with van der Waals surface area (Å²) in [5.74, 6) is 0. The van der Waals surface area contributed by atoms with Crippen molar-refractivity contribution in [2.24, 2.45) is 0 Å². The Labute approximate surface area is 290 Å². The van der Waals surface area contributed by atoms with Crippen LogP contribution in [-0.4, -0.2) is 0 Å². The van der Waals surface area contributed by atoms with E-state index in [4.69, 9.17) is 0 Å². The number of hydrogen-bond donors (Lipinski definition) is 0. The summed E-state index contributed by atoms with van der Waals surface area (Å²) in [5, 5.41) is 0. The molecule has 2 aliphatic carbocycles. The largest absolute Gasteiger partial charge is 0.310 e. The zero-order valence-electron chi connectivity index (χ0n) is 28.5. The third-order valence-corrected chi connectivity index (χ3v) is 11.1. The van der Waals surface area contributed by atoms with Crippen LogP contribution in [0.2, 0.25) is 0 Å². The minimum absolute atomic E-state index is 0.0477. The van der Waals surface area contributed by atoms with Crippen molar-refractivity contribution in [1.29, 1.82) is 0 Å². The molecule has 0 saturated heterocycles. The average Bonchev–Trinajstić information content (AvgIpc) is 3.52. The van der Waals surface area contributed by atoms with E-state index < -0.39 is 0 Å². The van der Waals surface area contributed by atoms with Gasteiger partial charge in [-0.1, -0.05) is 161 Å². The predicted octanol–water partition coefficient (Wildman–Crippen LogP) is 13.1. The summed E-state index contributed by atoms with van der Waals surface area (Å²) >= 11 is 0. The van der Waals surface area contributed by atoms with Gasteiger partial charge in [0, 0.05) is 27.8 Å². The molecule has 49 heavy (non-hydrogen) atoms. The van der Waals surface area contributed by atoms with E-state index in [1.54, 1.807) is 0 Å². The molecule has 0 N–H and O–H groups in total. The molecule has 7 aromatic rings. The Balaban J connectivity index is 1.30. The second kappa shape index (κ2) is 10.9. The minimum Gasteiger partial charge on any atom is -0.310 e. The fourth-order valence-corrected chi connectivity index (χ4v) is 8.59. The molecule has 0 saturated carbocycles. The van der Waals surface area contributed by atoms with Gasteiger partial charge < -0.3 is 4.90 Å². The molecule has 0 atom stereocenters. The van der Waals surface area contributed by atoms with Crippen molar-refractivity contribution in [2.75, 3.05) is 4.90 Å². The van der Waals surface area contributed by atoms with E-state index in [2.05, 4.69) is 196 Å². The average molecular weight is 630 g/mol. The molecule has 1 nitrogen and oxygen atoms in total. The summed E-state index contributed by atoms with van der Waals surface area (Å²) in [4.78, 5) is 2.48. The first-order valence-electron chi connectivity index (χ1n) is 17.4. The van der Waals surface area contributed by atoms with E-state index in [0.29, 0.717) is 0 Å². The van der Waals surface area contributed by atoms with Crippen LogP contribution in [0.5, 0.6) is 0 Å². The molecule has 0 fully saturated rings. The van der Waals surface area contributed by atoms with Crippen molar-refractivity contribution < 1.29 is 0 Å². The van der Waals surface area contributed by atoms with Gasteiger partial charge in [-0.2, -0.15) is 0 Å². The van der Waals surface area contributed by atoms with Crippen LogP contribution in [-0.2, 0) is 10.8 Å². The van der Waals surface area contributed by atoms with E-state index in [9.17, 15) is 0 Å². The first-order valence-corrected chi connectivity index (χ1v) is 17.4. The third-order valence-electron chi connectivity index (χ3n) is 11.1. The first-order chi connectivity index (χ1) is 23.8. The van der Waals surface area contributed by atoms with E-state index in [1.807, 2.05) is 0 Å². The second-order valence-corrected chi connectivity index (χ2v) is 14.6. The zero-order valence-corrected chi connectivity index (χ0v) is 28.5. The molecule has 0 aliphatic heterocycles. The van der Waals surface area contributed by atoms with Crippen LogP contribution in [0.1, 0.15) is 49.9 Å². The molecular weight excluding hydrogens is 591 g/mol. The minimum atomic E-state index is -0.108. The number of benzene rings is 7. The molecule has 7 aromatic carbocycles. The monoisotopic (exact) mass is 629 g/mol. The van der Waals surface area contributed by atoms with Gasteiger partial charge in [-0.05, 0) is 91.5 Å². The Hall–Kier alpha value is -5.66. The van der Waals surface area contributed by atoms with Crippen LogP contribution in [0.15, 0.2) is 164 Å². The first kappa shape index (κ1) is 29.5. The highest BCUT2D eigenvalue weighted by Gasteiger charge is 2.38. The summed E-state index contributed by atoms with van der Waals surface area (Å²) in [6, 6.07) is 60.5. The topological polar surface area (TPSA) is 3.24 Å². The number of nitrogens with zero attached hydrogens (tertiary/aromatic N) is 1. The Bertz CT molecular complexity index is 2380. The van der Waals surface area contributed by atoms with Gasteiger partial charge >= 0.3 is 0 Å². The summed E-state index contributed by atoms with van der Waals surface area (Å²) in [7, 11) is 0. The summed E-state index contributed by atoms with van der Waals surface area (Å²) in [5.41, 5.74) is 19.1. The molecule has 0 radical (unpaired) electrons. The van der Waals surface area contributed by atoms with Crippen LogP contribution in [0.4, 0.5) is 17.1 Å². The number of fused-ring (bicyclic) bond motifs is 6. The number of anilines is 3. The van der Waals surface area contributed by atoms with Crippen molar-refractivity contribution in [3.63, 3.8) is 0 Å². The Morgan fingerprint density at radius 2 is 0.816 bits per heavy atom. The summed E-state index contributed by atoms with van der Waals surface area (Å²) in [6.45, 7) is 9.44. The number of rotatable bonds is 5. The second-order valence-electron chi connectivity index (χ2n) is 14.6. The van der Waals surface area contributed by atoms with Crippen molar-refractivity contribution in [3.8, 4) is 44.5 Å². The third kappa shape index (κ3) is 4.46. The maximum atomic E-state index is 2.48. The van der Waals surface area contributed by atoms with Crippen LogP contribution >= 0.6 is 0 Å². The van der Waals surface area contributed by atoms with Crippen LogP contribution in [0, 0.1) is 0 Å². The quantitative estimate of drug-likeness (QED) is 0.183. The highest BCUT2D eigenvalue weighted by Crippen LogP contribution is 2.55. The molecule has 0 amide bonds. The molecule has 0 bridgehead atoms. The van der Waals surface area contributed by atoms with Gasteiger partial charge in [0.05, 0.1) is 5.69 Å². The smallest absolute Gasteiger partial charge is 0.0540 e. The van der Waals surface area contributed by atoms with Crippen LogP contribution < -0.4 is 4.90 Å². The Kier molecular flexibility index (Phi) is 6.58. The van der Waals surface area contributed by atoms with Crippen molar-refractivity contribution in [2.45, 2.75) is 38.5 Å². The maximum absolute atomic E-state index is 2.48. The normalized spacial score (nSPS) is 14.4. The van der Waals surface area contributed by atoms with Crippen molar-refractivity contribution in [3.05, 3.63) is 186 Å². The summed E-state index contributed by atoms with van der Waals surface area (Å²) < 4.78 is 0. The van der Waals surface area contributed by atoms with E-state index >= 15 is 0 Å². The zero-order chi connectivity index (χ0) is 33.3. The predicted molar refractivity (Wildman–Crippen MR) is 207 cm³/mol. The number of para-hydroxylation sites is 1. The standard InChI is InChI=1S/C48H39N/c1-47(2)41-23-13-11-21-38(41)39-30-34(26-28-42(39)47)49(45-25-14-12-20-36(45)32-16-7-5-8-17-32)35-27-29-43-40(31-35)46-37(33-18-9-6-10-19-33)22-15-24-44(46)48(43,3)4/h5-31H,1-4H3. The van der Waals surface area contributed by atoms with Gasteiger partial charge in [0.1, 0.15) is 0 Å². The lowest BCUT2D eigenvalue weighted by atomic mass is 9.82. The molecular formula is C48H39N. The Morgan fingerprint density at radius 3 is 1.51 bits per heavy atom. The number of hydrogen-bond acceptors (Lipinski definition) is 1. The van der Waals surface area contributed by atoms with Crippen LogP contribution in [0.3, 0.4) is 0 Å². The van der Waals surface area contributed by atoms with E-state index in [1.165, 1.54) is 66.8 Å². The molecule has 1 heteroatoms. The fraction of sp³-hybridized carbons (Fsp3) is 0.125. The van der Waals surface area contributed by atoms with Crippen molar-refractivity contribution in [1.82, 2.24) is 0 Å². The van der Waals surface area contributed by atoms with Gasteiger partial charge in [0.2, 0.25) is 0 Å². The molecule has 2 aliphatic rings. The lowest BCUT2D eigenvalue weighted by Crippen LogP contribution is -2.16. The molecule has 0 heterocycles. The lowest BCUT2D eigenvalue weighted by molar-refractivity contribution is 0.660. The highest BCUT2D eigenvalue weighted by atomic mass is 15.1. The molecule has 0 aromatic heterocycles. The summed E-state index contributed by atoms with van der Waals surface area (Å²) in [6.07, 6.45) is 0. The molecule has 9 rings (SSSR count). The van der Waals surface area contributed by atoms with Gasteiger partial charge in [0.25, 0.3) is 0 Å². The van der Waals surface area contributed by atoms with Crippen LogP contribution in [0.25, 0.3) is 44.5 Å². The highest BCUT2D eigenvalue weighted by molar-refractivity contribution is 5.96. The SMILES string of the molecule is CC1(C)c2ccccc2-c2cc(N(c3ccc4c(c3)-c3c(-c5ccccc5)cccc3C4(C)C)c3ccccc3-c3ccccc3)ccc21. The van der Waals surface area contributed by atoms with E-state index in [0.717, 1.165) is 17.1 Å².